The van der Waals surface area contributed by atoms with Crippen LogP contribution in [0, 0.1) is 10.1 Å². The second kappa shape index (κ2) is 11.3. The Morgan fingerprint density at radius 3 is 2.48 bits per heavy atom. The SMILES string of the molecule is Cl.O=C(Cc1ccc([N+](=O)[O-])cc1Cl)NCCNC1CCCCCC1. The maximum atomic E-state index is 12.0. The van der Waals surface area contributed by atoms with E-state index >= 15 is 0 Å². The van der Waals surface area contributed by atoms with E-state index in [0.717, 1.165) is 6.54 Å². The molecule has 1 amide bonds. The Kier molecular flexibility index (Phi) is 9.78. The monoisotopic (exact) mass is 389 g/mol. The van der Waals surface area contributed by atoms with Crippen molar-refractivity contribution in [2.24, 2.45) is 0 Å². The molecular weight excluding hydrogens is 365 g/mol. The number of nitro benzene ring substituents is 1. The van der Waals surface area contributed by atoms with Gasteiger partial charge in [0.05, 0.1) is 16.4 Å². The molecule has 1 aromatic rings. The molecule has 1 aliphatic rings. The molecule has 0 spiro atoms. The molecule has 140 valence electrons. The van der Waals surface area contributed by atoms with Gasteiger partial charge < -0.3 is 10.6 Å². The number of hydrogen-bond donors (Lipinski definition) is 2. The van der Waals surface area contributed by atoms with E-state index in [1.54, 1.807) is 0 Å². The van der Waals surface area contributed by atoms with E-state index in [9.17, 15) is 14.9 Å². The van der Waals surface area contributed by atoms with Crippen molar-refractivity contribution in [1.82, 2.24) is 10.6 Å². The van der Waals surface area contributed by atoms with Gasteiger partial charge in [0, 0.05) is 31.3 Å². The van der Waals surface area contributed by atoms with Crippen LogP contribution in [0.3, 0.4) is 0 Å². The lowest BCUT2D eigenvalue weighted by atomic mass is 10.1. The zero-order chi connectivity index (χ0) is 17.4. The number of hydrogen-bond acceptors (Lipinski definition) is 4. The Morgan fingerprint density at radius 1 is 1.20 bits per heavy atom. The van der Waals surface area contributed by atoms with Crippen molar-refractivity contribution in [2.75, 3.05) is 13.1 Å². The first-order chi connectivity index (χ1) is 11.6. The Morgan fingerprint density at radius 2 is 1.88 bits per heavy atom. The zero-order valence-corrected chi connectivity index (χ0v) is 15.7. The summed E-state index contributed by atoms with van der Waals surface area (Å²) in [4.78, 5) is 22.1. The van der Waals surface area contributed by atoms with E-state index in [4.69, 9.17) is 11.6 Å². The Labute approximate surface area is 159 Å². The summed E-state index contributed by atoms with van der Waals surface area (Å²) in [7, 11) is 0. The molecule has 0 bridgehead atoms. The molecule has 0 radical (unpaired) electrons. The van der Waals surface area contributed by atoms with Gasteiger partial charge in [-0.1, -0.05) is 43.4 Å². The van der Waals surface area contributed by atoms with Gasteiger partial charge in [0.2, 0.25) is 5.91 Å². The molecule has 0 aromatic heterocycles. The molecule has 25 heavy (non-hydrogen) atoms. The van der Waals surface area contributed by atoms with Gasteiger partial charge in [-0.3, -0.25) is 14.9 Å². The quantitative estimate of drug-likeness (QED) is 0.322. The third kappa shape index (κ3) is 7.59. The predicted molar refractivity (Wildman–Crippen MR) is 102 cm³/mol. The topological polar surface area (TPSA) is 84.3 Å². The highest BCUT2D eigenvalue weighted by Crippen LogP contribution is 2.22. The number of benzene rings is 1. The highest BCUT2D eigenvalue weighted by atomic mass is 35.5. The maximum Gasteiger partial charge on any atom is 0.270 e. The number of non-ortho nitro benzene ring substituents is 1. The molecule has 1 aliphatic carbocycles. The summed E-state index contributed by atoms with van der Waals surface area (Å²) in [5, 5.41) is 17.3. The third-order valence-electron chi connectivity index (χ3n) is 4.33. The number of nitrogens with zero attached hydrogens (tertiary/aromatic N) is 1. The zero-order valence-electron chi connectivity index (χ0n) is 14.1. The standard InChI is InChI=1S/C17H24ClN3O3.ClH/c18-16-12-15(21(23)24)8-7-13(16)11-17(22)20-10-9-19-14-5-3-1-2-4-6-14;/h7-8,12,14,19H,1-6,9-11H2,(H,20,22);1H. The third-order valence-corrected chi connectivity index (χ3v) is 4.69. The number of nitro groups is 1. The van der Waals surface area contributed by atoms with Crippen LogP contribution in [-0.2, 0) is 11.2 Å². The van der Waals surface area contributed by atoms with E-state index in [1.165, 1.54) is 56.7 Å². The summed E-state index contributed by atoms with van der Waals surface area (Å²) in [5.41, 5.74) is 0.522. The molecule has 1 aromatic carbocycles. The van der Waals surface area contributed by atoms with Gasteiger partial charge in [-0.2, -0.15) is 0 Å². The van der Waals surface area contributed by atoms with Crippen molar-refractivity contribution >= 4 is 35.6 Å². The summed E-state index contributed by atoms with van der Waals surface area (Å²) in [6.45, 7) is 1.32. The number of carbonyl (C=O) groups is 1. The first kappa shape index (κ1) is 21.7. The van der Waals surface area contributed by atoms with Gasteiger partial charge in [0.1, 0.15) is 0 Å². The Balaban J connectivity index is 0.00000312. The molecule has 0 unspecified atom stereocenters. The van der Waals surface area contributed by atoms with E-state index in [-0.39, 0.29) is 35.4 Å². The van der Waals surface area contributed by atoms with Crippen LogP contribution < -0.4 is 10.6 Å². The Hall–Kier alpha value is -1.37. The van der Waals surface area contributed by atoms with Crippen LogP contribution in [0.25, 0.3) is 0 Å². The fourth-order valence-corrected chi connectivity index (χ4v) is 3.23. The van der Waals surface area contributed by atoms with Crippen LogP contribution >= 0.6 is 24.0 Å². The summed E-state index contributed by atoms with van der Waals surface area (Å²) in [5.74, 6) is -0.131. The van der Waals surface area contributed by atoms with Crippen molar-refractivity contribution in [3.05, 3.63) is 38.9 Å². The van der Waals surface area contributed by atoms with Gasteiger partial charge in [0.15, 0.2) is 0 Å². The maximum absolute atomic E-state index is 12.0. The molecule has 2 N–H and O–H groups in total. The number of rotatable bonds is 7. The predicted octanol–water partition coefficient (Wildman–Crippen LogP) is 3.64. The van der Waals surface area contributed by atoms with Crippen LogP contribution in [0.5, 0.6) is 0 Å². The average Bonchev–Trinajstić information content (AvgIpc) is 2.82. The van der Waals surface area contributed by atoms with E-state index < -0.39 is 4.92 Å². The summed E-state index contributed by atoms with van der Waals surface area (Å²) in [6.07, 6.45) is 7.76. The second-order valence-electron chi connectivity index (χ2n) is 6.20. The van der Waals surface area contributed by atoms with Crippen molar-refractivity contribution in [3.63, 3.8) is 0 Å². The van der Waals surface area contributed by atoms with Crippen LogP contribution in [0.15, 0.2) is 18.2 Å². The first-order valence-electron chi connectivity index (χ1n) is 8.49. The molecule has 0 atom stereocenters. The van der Waals surface area contributed by atoms with Gasteiger partial charge in [-0.25, -0.2) is 0 Å². The Bertz CT molecular complexity index is 576. The minimum absolute atomic E-state index is 0. The van der Waals surface area contributed by atoms with Crippen molar-refractivity contribution in [2.45, 2.75) is 51.0 Å². The molecule has 2 rings (SSSR count). The smallest absolute Gasteiger partial charge is 0.270 e. The average molecular weight is 390 g/mol. The fourth-order valence-electron chi connectivity index (χ4n) is 2.99. The summed E-state index contributed by atoms with van der Waals surface area (Å²) >= 11 is 6.00. The van der Waals surface area contributed by atoms with Crippen molar-refractivity contribution in [3.8, 4) is 0 Å². The van der Waals surface area contributed by atoms with Crippen LogP contribution in [0.4, 0.5) is 5.69 Å². The van der Waals surface area contributed by atoms with Crippen LogP contribution in [0.1, 0.15) is 44.1 Å². The first-order valence-corrected chi connectivity index (χ1v) is 8.87. The molecule has 1 saturated carbocycles. The molecule has 1 fully saturated rings. The molecular formula is C17H25Cl2N3O3. The molecule has 6 nitrogen and oxygen atoms in total. The van der Waals surface area contributed by atoms with Gasteiger partial charge in [-0.05, 0) is 18.4 Å². The van der Waals surface area contributed by atoms with E-state index in [2.05, 4.69) is 10.6 Å². The minimum Gasteiger partial charge on any atom is -0.355 e. The highest BCUT2D eigenvalue weighted by molar-refractivity contribution is 6.31. The van der Waals surface area contributed by atoms with Crippen molar-refractivity contribution < 1.29 is 9.72 Å². The minimum atomic E-state index is -0.505. The van der Waals surface area contributed by atoms with Crippen LogP contribution in [0.2, 0.25) is 5.02 Å². The second-order valence-corrected chi connectivity index (χ2v) is 6.61. The van der Waals surface area contributed by atoms with Crippen molar-refractivity contribution in [1.29, 1.82) is 0 Å². The largest absolute Gasteiger partial charge is 0.355 e. The van der Waals surface area contributed by atoms with Gasteiger partial charge in [-0.15, -0.1) is 12.4 Å². The van der Waals surface area contributed by atoms with Gasteiger partial charge >= 0.3 is 0 Å². The lowest BCUT2D eigenvalue weighted by molar-refractivity contribution is -0.384. The molecule has 0 heterocycles. The van der Waals surface area contributed by atoms with Gasteiger partial charge in [0.25, 0.3) is 5.69 Å². The number of carbonyl (C=O) groups excluding carboxylic acids is 1. The highest BCUT2D eigenvalue weighted by Gasteiger charge is 2.13. The van der Waals surface area contributed by atoms with E-state index in [0.29, 0.717) is 18.2 Å². The van der Waals surface area contributed by atoms with Crippen LogP contribution in [-0.4, -0.2) is 30.0 Å². The lowest BCUT2D eigenvalue weighted by Gasteiger charge is -2.16. The van der Waals surface area contributed by atoms with E-state index in [1.807, 2.05) is 0 Å². The summed E-state index contributed by atoms with van der Waals surface area (Å²) in [6, 6.07) is 4.73. The number of halogens is 2. The lowest BCUT2D eigenvalue weighted by Crippen LogP contribution is -2.37. The fraction of sp³-hybridized carbons (Fsp3) is 0.588. The number of amides is 1. The normalized spacial score (nSPS) is 15.1. The molecule has 0 saturated heterocycles. The number of nitrogens with one attached hydrogen (secondary N) is 2. The molecule has 8 heteroatoms. The summed E-state index contributed by atoms with van der Waals surface area (Å²) < 4.78 is 0. The molecule has 0 aliphatic heterocycles.